The summed E-state index contributed by atoms with van der Waals surface area (Å²) in [4.78, 5) is 20.5. The van der Waals surface area contributed by atoms with Gasteiger partial charge in [0.1, 0.15) is 11.6 Å². The molecule has 3 aromatic rings. The highest BCUT2D eigenvalue weighted by atomic mass is 18.2. The third kappa shape index (κ3) is 2.96. The molecule has 3 heterocycles. The first kappa shape index (κ1) is 16.4. The molecule has 7 heteroatoms. The number of rotatable bonds is 3. The molecule has 4 N–H and O–H groups in total. The number of phenols is 1. The normalized spacial score (nSPS) is 15.5. The molecule has 0 saturated carbocycles. The maximum atomic E-state index is 14.6. The van der Waals surface area contributed by atoms with Crippen LogP contribution in [0.2, 0.25) is 0 Å². The topological polar surface area (TPSA) is 95.2 Å². The van der Waals surface area contributed by atoms with Crippen LogP contribution in [0.1, 0.15) is 12.8 Å². The lowest BCUT2D eigenvalue weighted by molar-refractivity contribution is -0.122. The molecule has 0 spiro atoms. The highest BCUT2D eigenvalue weighted by Gasteiger charge is 2.24. The zero-order valence-electron chi connectivity index (χ0n) is 14.1. The van der Waals surface area contributed by atoms with Gasteiger partial charge in [0.05, 0.1) is 11.3 Å². The summed E-state index contributed by atoms with van der Waals surface area (Å²) in [5, 5.41) is 10.4. The van der Waals surface area contributed by atoms with Crippen LogP contribution >= 0.6 is 0 Å². The molecular weight excluding hydrogens is 334 g/mol. The Labute approximate surface area is 149 Å². The number of carbonyl (C=O) groups is 1. The Balaban J connectivity index is 1.58. The van der Waals surface area contributed by atoms with Crippen LogP contribution in [0, 0.1) is 11.9 Å². The van der Waals surface area contributed by atoms with E-state index in [4.69, 9.17) is 5.73 Å². The predicted molar refractivity (Wildman–Crippen MR) is 97.3 cm³/mol. The van der Waals surface area contributed by atoms with Gasteiger partial charge in [-0.25, -0.2) is 4.98 Å². The minimum Gasteiger partial charge on any atom is -0.508 e. The van der Waals surface area contributed by atoms with Gasteiger partial charge in [-0.05, 0) is 49.2 Å². The Bertz CT molecular complexity index is 977. The number of amides is 1. The van der Waals surface area contributed by atoms with Gasteiger partial charge in [-0.2, -0.15) is 4.39 Å². The van der Waals surface area contributed by atoms with Crippen molar-refractivity contribution in [3.8, 4) is 17.0 Å². The summed E-state index contributed by atoms with van der Waals surface area (Å²) in [5.41, 5.74) is 7.14. The van der Waals surface area contributed by atoms with Crippen molar-refractivity contribution in [2.24, 2.45) is 11.7 Å². The Kier molecular flexibility index (Phi) is 3.99. The van der Waals surface area contributed by atoms with Crippen molar-refractivity contribution in [3.63, 3.8) is 0 Å². The second kappa shape index (κ2) is 6.33. The highest BCUT2D eigenvalue weighted by molar-refractivity contribution is 5.87. The number of H-pyrrole nitrogens is 1. The standard InChI is InChI=1S/C19H19FN4O2/c20-18-14(16-10-12-9-13(25)1-3-15(12)22-16)2-4-17(23-18)24-7-5-11(6-8-24)19(21)26/h1-4,9-11,22,25H,5-8H2,(H2,21,26)/i20-1. The average molecular weight is 353 g/mol. The van der Waals surface area contributed by atoms with E-state index in [2.05, 4.69) is 9.97 Å². The number of nitrogens with zero attached hydrogens (tertiary/aromatic N) is 2. The first-order valence-corrected chi connectivity index (χ1v) is 8.54. The number of benzene rings is 1. The molecule has 6 nitrogen and oxygen atoms in total. The Morgan fingerprint density at radius 2 is 2.00 bits per heavy atom. The van der Waals surface area contributed by atoms with E-state index >= 15 is 0 Å². The maximum Gasteiger partial charge on any atom is 0.224 e. The number of primary amides is 1. The minimum atomic E-state index is -0.560. The monoisotopic (exact) mass is 353 g/mol. The first-order valence-electron chi connectivity index (χ1n) is 8.54. The Hall–Kier alpha value is -3.09. The summed E-state index contributed by atoms with van der Waals surface area (Å²) < 4.78 is 14.6. The van der Waals surface area contributed by atoms with E-state index in [1.165, 1.54) is 0 Å². The van der Waals surface area contributed by atoms with Crippen LogP contribution in [0.5, 0.6) is 5.75 Å². The summed E-state index contributed by atoms with van der Waals surface area (Å²) in [5.74, 6) is -0.225. The second-order valence-corrected chi connectivity index (χ2v) is 6.63. The van der Waals surface area contributed by atoms with E-state index in [1.807, 2.05) is 4.90 Å². The van der Waals surface area contributed by atoms with Crippen LogP contribution in [-0.2, 0) is 4.79 Å². The Morgan fingerprint density at radius 1 is 1.23 bits per heavy atom. The van der Waals surface area contributed by atoms with Crippen LogP contribution in [0.15, 0.2) is 36.4 Å². The molecule has 0 radical (unpaired) electrons. The van der Waals surface area contributed by atoms with E-state index < -0.39 is 5.95 Å². The number of piperidine rings is 1. The highest BCUT2D eigenvalue weighted by Crippen LogP contribution is 2.30. The van der Waals surface area contributed by atoms with Gasteiger partial charge < -0.3 is 20.7 Å². The van der Waals surface area contributed by atoms with E-state index in [0.717, 1.165) is 10.9 Å². The van der Waals surface area contributed by atoms with Crippen LogP contribution < -0.4 is 10.6 Å². The number of aromatic nitrogens is 2. The molecule has 0 aliphatic carbocycles. The molecule has 1 fully saturated rings. The minimum absolute atomic E-state index is 0.113. The molecule has 0 atom stereocenters. The van der Waals surface area contributed by atoms with Crippen molar-refractivity contribution >= 4 is 22.6 Å². The van der Waals surface area contributed by atoms with Gasteiger partial charge in [0, 0.05) is 29.9 Å². The zero-order chi connectivity index (χ0) is 18.3. The van der Waals surface area contributed by atoms with Gasteiger partial charge in [0.2, 0.25) is 11.9 Å². The number of anilines is 1. The molecule has 1 aromatic carbocycles. The number of hydrogen-bond donors (Lipinski definition) is 3. The van der Waals surface area contributed by atoms with Crippen molar-refractivity contribution in [3.05, 3.63) is 42.3 Å². The number of phenolic OH excluding ortho intramolecular Hbond substituents is 1. The summed E-state index contributed by atoms with van der Waals surface area (Å²) in [6.07, 6.45) is 1.32. The third-order valence-corrected chi connectivity index (χ3v) is 4.95. The van der Waals surface area contributed by atoms with Crippen LogP contribution in [0.3, 0.4) is 0 Å². The molecule has 0 bridgehead atoms. The lowest BCUT2D eigenvalue weighted by Gasteiger charge is -2.31. The fraction of sp³-hybridized carbons (Fsp3) is 0.263. The van der Waals surface area contributed by atoms with Gasteiger partial charge in [-0.1, -0.05) is 0 Å². The summed E-state index contributed by atoms with van der Waals surface area (Å²) in [7, 11) is 0. The summed E-state index contributed by atoms with van der Waals surface area (Å²) in [6.45, 7) is 1.26. The van der Waals surface area contributed by atoms with Crippen molar-refractivity contribution < 1.29 is 14.3 Å². The quantitative estimate of drug-likeness (QED) is 0.631. The number of aromatic hydroxyl groups is 1. The van der Waals surface area contributed by atoms with E-state index in [0.29, 0.717) is 43.0 Å². The predicted octanol–water partition coefficient (Wildman–Crippen LogP) is 2.78. The number of halogens is 1. The number of nitrogens with two attached hydrogens (primary N) is 1. The van der Waals surface area contributed by atoms with Crippen LogP contribution in [0.4, 0.5) is 10.2 Å². The number of fused-ring (bicyclic) bond motifs is 1. The molecule has 134 valence electrons. The molecule has 1 aliphatic heterocycles. The molecule has 2 aromatic heterocycles. The van der Waals surface area contributed by atoms with Crippen molar-refractivity contribution in [1.82, 2.24) is 9.97 Å². The molecule has 4 rings (SSSR count). The van der Waals surface area contributed by atoms with Crippen molar-refractivity contribution in [2.75, 3.05) is 18.0 Å². The van der Waals surface area contributed by atoms with Gasteiger partial charge >= 0.3 is 0 Å². The Morgan fingerprint density at radius 3 is 2.69 bits per heavy atom. The number of pyridine rings is 1. The second-order valence-electron chi connectivity index (χ2n) is 6.63. The number of hydrogen-bond acceptors (Lipinski definition) is 4. The number of nitrogens with one attached hydrogen (secondary N) is 1. The van der Waals surface area contributed by atoms with Gasteiger partial charge in [-0.3, -0.25) is 4.79 Å². The fourth-order valence-electron chi connectivity index (χ4n) is 3.46. The maximum absolute atomic E-state index is 14.6. The van der Waals surface area contributed by atoms with Crippen LogP contribution in [-0.4, -0.2) is 34.1 Å². The molecule has 0 unspecified atom stereocenters. The molecule has 1 saturated heterocycles. The molecule has 1 amide bonds. The molecule has 1 aliphatic rings. The number of carbonyl (C=O) groups excluding carboxylic acids is 1. The third-order valence-electron chi connectivity index (χ3n) is 4.95. The van der Waals surface area contributed by atoms with Gasteiger partial charge in [0.25, 0.3) is 0 Å². The van der Waals surface area contributed by atoms with Crippen molar-refractivity contribution in [2.45, 2.75) is 12.8 Å². The smallest absolute Gasteiger partial charge is 0.224 e. The molecular formula is C19H19FN4O2. The summed E-state index contributed by atoms with van der Waals surface area (Å²) in [6, 6.07) is 10.2. The number of aromatic amines is 1. The fourth-order valence-corrected chi connectivity index (χ4v) is 3.46. The average Bonchev–Trinajstić information content (AvgIpc) is 3.04. The van der Waals surface area contributed by atoms with E-state index in [9.17, 15) is 14.3 Å². The SMILES string of the molecule is NC(=O)C1CCN(c2ccc(-c3cc4cc(O)ccc4[nH]3)c([18F])n2)CC1. The van der Waals surface area contributed by atoms with Crippen LogP contribution in [0.25, 0.3) is 22.2 Å². The van der Waals surface area contributed by atoms with E-state index in [-0.39, 0.29) is 17.6 Å². The van der Waals surface area contributed by atoms with E-state index in [1.54, 1.807) is 36.4 Å². The summed E-state index contributed by atoms with van der Waals surface area (Å²) >= 11 is 0. The first-order chi connectivity index (χ1) is 12.5. The molecule has 26 heavy (non-hydrogen) atoms. The largest absolute Gasteiger partial charge is 0.508 e. The van der Waals surface area contributed by atoms with Gasteiger partial charge in [0.15, 0.2) is 0 Å². The lowest BCUT2D eigenvalue weighted by atomic mass is 9.96. The van der Waals surface area contributed by atoms with Crippen molar-refractivity contribution in [1.29, 1.82) is 0 Å². The lowest BCUT2D eigenvalue weighted by Crippen LogP contribution is -2.39. The van der Waals surface area contributed by atoms with Gasteiger partial charge in [-0.15, -0.1) is 0 Å². The zero-order valence-corrected chi connectivity index (χ0v) is 14.1.